The maximum atomic E-state index is 13.1. The number of rotatable bonds is 5. The number of hydrogen-bond acceptors (Lipinski definition) is 1. The van der Waals surface area contributed by atoms with Crippen LogP contribution < -0.4 is 0 Å². The van der Waals surface area contributed by atoms with Gasteiger partial charge >= 0.3 is 0 Å². The normalized spacial score (nSPS) is 18.1. The fraction of sp³-hybridized carbons (Fsp3) is 0.368. The van der Waals surface area contributed by atoms with E-state index in [2.05, 4.69) is 37.8 Å². The Bertz CT molecular complexity index is 531. The molecule has 0 radical (unpaired) electrons. The topological polar surface area (TPSA) is 3.24 Å². The lowest BCUT2D eigenvalue weighted by atomic mass is 9.72. The Morgan fingerprint density at radius 3 is 2.38 bits per heavy atom. The highest BCUT2D eigenvalue weighted by Crippen LogP contribution is 2.47. The third-order valence-electron chi connectivity index (χ3n) is 4.37. The van der Waals surface area contributed by atoms with Gasteiger partial charge < -0.3 is 0 Å². The van der Waals surface area contributed by atoms with Crippen LogP contribution in [0.3, 0.4) is 0 Å². The Morgan fingerprint density at radius 1 is 1.24 bits per heavy atom. The maximum Gasteiger partial charge on any atom is 0.0387 e. The summed E-state index contributed by atoms with van der Waals surface area (Å²) in [6, 6.07) is 8.74. The van der Waals surface area contributed by atoms with Crippen molar-refractivity contribution in [2.75, 3.05) is 7.05 Å². The summed E-state index contributed by atoms with van der Waals surface area (Å²) in [5.41, 5.74) is 3.72. The summed E-state index contributed by atoms with van der Waals surface area (Å²) < 4.78 is 13.1. The Hall–Kier alpha value is -1.83. The molecule has 2 rings (SSSR count). The van der Waals surface area contributed by atoms with Gasteiger partial charge in [-0.1, -0.05) is 61.4 Å². The molecule has 0 aromatic heterocycles. The van der Waals surface area contributed by atoms with Crippen LogP contribution in [0.15, 0.2) is 60.8 Å². The van der Waals surface area contributed by atoms with Crippen LogP contribution in [0.4, 0.5) is 4.48 Å². The zero-order chi connectivity index (χ0) is 15.3. The summed E-state index contributed by atoms with van der Waals surface area (Å²) in [4.78, 5) is 0. The molecule has 0 amide bonds. The summed E-state index contributed by atoms with van der Waals surface area (Å²) in [6.07, 6.45) is 11.8. The van der Waals surface area contributed by atoms with Gasteiger partial charge in [-0.05, 0) is 37.0 Å². The van der Waals surface area contributed by atoms with E-state index < -0.39 is 0 Å². The molecule has 21 heavy (non-hydrogen) atoms. The first-order valence-corrected chi connectivity index (χ1v) is 7.56. The number of halogens is 1. The van der Waals surface area contributed by atoms with E-state index in [0.29, 0.717) is 5.12 Å². The summed E-state index contributed by atoms with van der Waals surface area (Å²) in [6.45, 7) is 5.92. The molecule has 1 aliphatic rings. The summed E-state index contributed by atoms with van der Waals surface area (Å²) in [5, 5.41) is 0.592. The minimum absolute atomic E-state index is 0.00556. The average Bonchev–Trinajstić information content (AvgIpc) is 2.94. The Labute approximate surface area is 127 Å². The molecular weight excluding hydrogens is 261 g/mol. The molecule has 0 spiro atoms. The van der Waals surface area contributed by atoms with Crippen molar-refractivity contribution in [2.24, 2.45) is 0 Å². The highest BCUT2D eigenvalue weighted by molar-refractivity contribution is 5.44. The minimum Gasteiger partial charge on any atom is -0.222 e. The van der Waals surface area contributed by atoms with E-state index in [1.54, 1.807) is 6.08 Å². The van der Waals surface area contributed by atoms with Gasteiger partial charge in [0, 0.05) is 18.7 Å². The fourth-order valence-electron chi connectivity index (χ4n) is 3.28. The van der Waals surface area contributed by atoms with Gasteiger partial charge in [0.05, 0.1) is 0 Å². The van der Waals surface area contributed by atoms with Gasteiger partial charge in [0.25, 0.3) is 0 Å². The molecule has 0 heterocycles. The molecule has 1 aromatic carbocycles. The molecule has 0 saturated heterocycles. The smallest absolute Gasteiger partial charge is 0.0387 e. The van der Waals surface area contributed by atoms with Crippen LogP contribution >= 0.6 is 0 Å². The van der Waals surface area contributed by atoms with Crippen molar-refractivity contribution in [3.05, 3.63) is 72.0 Å². The molecule has 2 heteroatoms. The molecule has 1 fully saturated rings. The molecule has 0 N–H and O–H groups in total. The van der Waals surface area contributed by atoms with Crippen LogP contribution in [-0.4, -0.2) is 12.2 Å². The van der Waals surface area contributed by atoms with E-state index in [1.165, 1.54) is 37.2 Å². The standard InChI is InChI=1S/C19H24FN/c1-4-7-17(12-15-21(3)20)19(13-5-6-14-19)18-10-8-16(2)9-11-18/h4,7-12,15H,1,5-6,13-14H2,2-3H3/b15-12-,17-7+. The van der Waals surface area contributed by atoms with Crippen LogP contribution in [0.1, 0.15) is 36.8 Å². The maximum absolute atomic E-state index is 13.1. The number of nitrogens with zero attached hydrogens (tertiary/aromatic N) is 1. The van der Waals surface area contributed by atoms with Crippen molar-refractivity contribution in [3.8, 4) is 0 Å². The lowest BCUT2D eigenvalue weighted by Crippen LogP contribution is -2.24. The predicted molar refractivity (Wildman–Crippen MR) is 87.6 cm³/mol. The molecule has 0 atom stereocenters. The second kappa shape index (κ2) is 6.75. The second-order valence-electron chi connectivity index (χ2n) is 5.85. The SMILES string of the molecule is C=C/C=C(\C=C/N(C)F)C1(c2ccc(C)cc2)CCCC1. The highest BCUT2D eigenvalue weighted by atomic mass is 19.2. The van der Waals surface area contributed by atoms with Crippen LogP contribution in [0, 0.1) is 6.92 Å². The van der Waals surface area contributed by atoms with Gasteiger partial charge in [-0.3, -0.25) is 0 Å². The number of allylic oxidation sites excluding steroid dienone is 4. The van der Waals surface area contributed by atoms with Crippen molar-refractivity contribution in [1.29, 1.82) is 0 Å². The van der Waals surface area contributed by atoms with Gasteiger partial charge in [0.2, 0.25) is 0 Å². The molecule has 1 aliphatic carbocycles. The van der Waals surface area contributed by atoms with Crippen LogP contribution in [0.5, 0.6) is 0 Å². The van der Waals surface area contributed by atoms with E-state index >= 15 is 0 Å². The number of benzene rings is 1. The number of hydrogen-bond donors (Lipinski definition) is 0. The van der Waals surface area contributed by atoms with Crippen molar-refractivity contribution in [2.45, 2.75) is 38.0 Å². The van der Waals surface area contributed by atoms with E-state index in [-0.39, 0.29) is 5.41 Å². The average molecular weight is 285 g/mol. The summed E-state index contributed by atoms with van der Waals surface area (Å²) in [5.74, 6) is 0. The van der Waals surface area contributed by atoms with Crippen LogP contribution in [-0.2, 0) is 5.41 Å². The van der Waals surface area contributed by atoms with Crippen LogP contribution in [0.25, 0.3) is 0 Å². The Balaban J connectivity index is 2.46. The quantitative estimate of drug-likeness (QED) is 0.527. The number of aryl methyl sites for hydroxylation is 1. The van der Waals surface area contributed by atoms with Crippen molar-refractivity contribution in [3.63, 3.8) is 0 Å². The minimum atomic E-state index is -0.00556. The van der Waals surface area contributed by atoms with Gasteiger partial charge in [0.1, 0.15) is 0 Å². The fourth-order valence-corrected chi connectivity index (χ4v) is 3.28. The lowest BCUT2D eigenvalue weighted by molar-refractivity contribution is 0.128. The lowest BCUT2D eigenvalue weighted by Gasteiger charge is -2.31. The molecule has 0 bridgehead atoms. The van der Waals surface area contributed by atoms with Crippen molar-refractivity contribution < 1.29 is 4.48 Å². The Morgan fingerprint density at radius 2 is 1.86 bits per heavy atom. The van der Waals surface area contributed by atoms with E-state index in [9.17, 15) is 4.48 Å². The van der Waals surface area contributed by atoms with Gasteiger partial charge in [-0.25, -0.2) is 5.12 Å². The molecule has 1 nitrogen and oxygen atoms in total. The van der Waals surface area contributed by atoms with Crippen molar-refractivity contribution in [1.82, 2.24) is 5.12 Å². The zero-order valence-corrected chi connectivity index (χ0v) is 13.0. The zero-order valence-electron chi connectivity index (χ0n) is 13.0. The predicted octanol–water partition coefficient (Wildman–Crippen LogP) is 5.25. The largest absolute Gasteiger partial charge is 0.222 e. The first kappa shape index (κ1) is 15.6. The van der Waals surface area contributed by atoms with Gasteiger partial charge in [-0.2, -0.15) is 0 Å². The van der Waals surface area contributed by atoms with Crippen LogP contribution in [0.2, 0.25) is 0 Å². The molecule has 1 saturated carbocycles. The molecular formula is C19H24FN. The monoisotopic (exact) mass is 285 g/mol. The molecule has 0 unspecified atom stereocenters. The summed E-state index contributed by atoms with van der Waals surface area (Å²) >= 11 is 0. The third kappa shape index (κ3) is 3.44. The first-order valence-electron chi connectivity index (χ1n) is 7.56. The second-order valence-corrected chi connectivity index (χ2v) is 5.85. The summed E-state index contributed by atoms with van der Waals surface area (Å²) in [7, 11) is 1.40. The van der Waals surface area contributed by atoms with Gasteiger partial charge in [0.15, 0.2) is 0 Å². The molecule has 1 aromatic rings. The third-order valence-corrected chi connectivity index (χ3v) is 4.37. The Kier molecular flexibility index (Phi) is 5.00. The van der Waals surface area contributed by atoms with Gasteiger partial charge in [-0.15, -0.1) is 4.48 Å². The highest BCUT2D eigenvalue weighted by Gasteiger charge is 2.37. The molecule has 112 valence electrons. The van der Waals surface area contributed by atoms with E-state index in [4.69, 9.17) is 0 Å². The van der Waals surface area contributed by atoms with E-state index in [0.717, 1.165) is 18.4 Å². The van der Waals surface area contributed by atoms with E-state index in [1.807, 2.05) is 12.2 Å². The van der Waals surface area contributed by atoms with Crippen molar-refractivity contribution >= 4 is 0 Å². The first-order chi connectivity index (χ1) is 10.1. The molecule has 0 aliphatic heterocycles.